The summed E-state index contributed by atoms with van der Waals surface area (Å²) in [5.74, 6) is -1.90. The minimum Gasteiger partial charge on any atom is -0.481 e. The van der Waals surface area contributed by atoms with Gasteiger partial charge in [0.15, 0.2) is 0 Å². The van der Waals surface area contributed by atoms with Gasteiger partial charge in [-0.1, -0.05) is 6.92 Å². The standard InChI is InChI=1S/C13H17NO5/c1-8(12(15)16)6-14(9-2-3-9)7-10-4-5-11(19-10)13(17)18/h4-5,8-9H,2-3,6-7H2,1H3,(H,15,16)(H,17,18). The fraction of sp³-hybridized carbons (Fsp3) is 0.538. The quantitative estimate of drug-likeness (QED) is 0.780. The molecule has 1 fully saturated rings. The van der Waals surface area contributed by atoms with Crippen molar-refractivity contribution in [2.75, 3.05) is 6.54 Å². The average Bonchev–Trinajstić information content (AvgIpc) is 3.08. The molecule has 0 bridgehead atoms. The maximum absolute atomic E-state index is 10.9. The van der Waals surface area contributed by atoms with Crippen molar-refractivity contribution in [3.63, 3.8) is 0 Å². The third-order valence-electron chi connectivity index (χ3n) is 3.22. The maximum atomic E-state index is 10.9. The second-order valence-corrected chi connectivity index (χ2v) is 4.97. The summed E-state index contributed by atoms with van der Waals surface area (Å²) >= 11 is 0. The molecule has 2 rings (SSSR count). The van der Waals surface area contributed by atoms with Gasteiger partial charge in [0.25, 0.3) is 0 Å². The molecule has 1 saturated carbocycles. The van der Waals surface area contributed by atoms with Gasteiger partial charge in [-0.05, 0) is 25.0 Å². The first kappa shape index (κ1) is 13.6. The van der Waals surface area contributed by atoms with Crippen molar-refractivity contribution in [2.24, 2.45) is 5.92 Å². The number of carbonyl (C=O) groups is 2. The molecule has 1 unspecified atom stereocenters. The molecular formula is C13H17NO5. The van der Waals surface area contributed by atoms with Crippen LogP contribution in [0.5, 0.6) is 0 Å². The van der Waals surface area contributed by atoms with Crippen molar-refractivity contribution in [2.45, 2.75) is 32.4 Å². The Morgan fingerprint density at radius 1 is 1.42 bits per heavy atom. The SMILES string of the molecule is CC(CN(Cc1ccc(C(=O)O)o1)C1CC1)C(=O)O. The lowest BCUT2D eigenvalue weighted by Gasteiger charge is -2.22. The monoisotopic (exact) mass is 267 g/mol. The van der Waals surface area contributed by atoms with Crippen LogP contribution in [-0.4, -0.2) is 39.6 Å². The summed E-state index contributed by atoms with van der Waals surface area (Å²) in [5.41, 5.74) is 0. The van der Waals surface area contributed by atoms with Gasteiger partial charge in [-0.15, -0.1) is 0 Å². The summed E-state index contributed by atoms with van der Waals surface area (Å²) in [7, 11) is 0. The van der Waals surface area contributed by atoms with Gasteiger partial charge < -0.3 is 14.6 Å². The molecule has 1 atom stereocenters. The minimum atomic E-state index is -1.09. The zero-order valence-electron chi connectivity index (χ0n) is 10.7. The van der Waals surface area contributed by atoms with Crippen molar-refractivity contribution >= 4 is 11.9 Å². The molecule has 0 aliphatic heterocycles. The molecule has 1 heterocycles. The van der Waals surface area contributed by atoms with E-state index in [1.807, 2.05) is 4.90 Å². The van der Waals surface area contributed by atoms with Gasteiger partial charge in [0.05, 0.1) is 12.5 Å². The van der Waals surface area contributed by atoms with E-state index in [0.717, 1.165) is 12.8 Å². The van der Waals surface area contributed by atoms with Crippen LogP contribution in [0, 0.1) is 5.92 Å². The largest absolute Gasteiger partial charge is 0.481 e. The molecule has 1 aromatic heterocycles. The van der Waals surface area contributed by atoms with Gasteiger partial charge in [0.2, 0.25) is 5.76 Å². The number of hydrogen-bond donors (Lipinski definition) is 2. The van der Waals surface area contributed by atoms with Gasteiger partial charge >= 0.3 is 11.9 Å². The van der Waals surface area contributed by atoms with E-state index < -0.39 is 17.9 Å². The van der Waals surface area contributed by atoms with E-state index in [1.165, 1.54) is 6.07 Å². The van der Waals surface area contributed by atoms with Crippen LogP contribution in [-0.2, 0) is 11.3 Å². The van der Waals surface area contributed by atoms with E-state index in [4.69, 9.17) is 14.6 Å². The number of hydrogen-bond acceptors (Lipinski definition) is 4. The lowest BCUT2D eigenvalue weighted by molar-refractivity contribution is -0.141. The van der Waals surface area contributed by atoms with Gasteiger partial charge in [-0.3, -0.25) is 9.69 Å². The molecule has 1 aromatic rings. The zero-order valence-corrected chi connectivity index (χ0v) is 10.7. The van der Waals surface area contributed by atoms with Crippen LogP contribution in [0.15, 0.2) is 16.5 Å². The molecule has 0 radical (unpaired) electrons. The number of aliphatic carboxylic acids is 1. The number of nitrogens with zero attached hydrogens (tertiary/aromatic N) is 1. The first-order chi connectivity index (χ1) is 8.97. The highest BCUT2D eigenvalue weighted by atomic mass is 16.4. The first-order valence-electron chi connectivity index (χ1n) is 6.26. The van der Waals surface area contributed by atoms with Crippen LogP contribution in [0.1, 0.15) is 36.1 Å². The van der Waals surface area contributed by atoms with Crippen molar-refractivity contribution in [1.29, 1.82) is 0 Å². The Kier molecular flexibility index (Phi) is 3.90. The Morgan fingerprint density at radius 3 is 2.58 bits per heavy atom. The summed E-state index contributed by atoms with van der Waals surface area (Å²) < 4.78 is 5.21. The summed E-state index contributed by atoms with van der Waals surface area (Å²) in [6.45, 7) is 2.57. The Bertz CT molecular complexity index is 477. The zero-order chi connectivity index (χ0) is 14.0. The fourth-order valence-electron chi connectivity index (χ4n) is 1.99. The van der Waals surface area contributed by atoms with E-state index in [1.54, 1.807) is 13.0 Å². The molecule has 2 N–H and O–H groups in total. The Hall–Kier alpha value is -1.82. The molecule has 0 amide bonds. The van der Waals surface area contributed by atoms with E-state index in [0.29, 0.717) is 24.9 Å². The van der Waals surface area contributed by atoms with Gasteiger partial charge in [-0.25, -0.2) is 4.79 Å². The summed E-state index contributed by atoms with van der Waals surface area (Å²) in [4.78, 5) is 23.7. The average molecular weight is 267 g/mol. The molecule has 104 valence electrons. The van der Waals surface area contributed by atoms with Crippen molar-refractivity contribution < 1.29 is 24.2 Å². The van der Waals surface area contributed by atoms with Crippen molar-refractivity contribution in [3.8, 4) is 0 Å². The molecule has 1 aliphatic carbocycles. The summed E-state index contributed by atoms with van der Waals surface area (Å²) in [6, 6.07) is 3.44. The van der Waals surface area contributed by atoms with Crippen LogP contribution >= 0.6 is 0 Å². The van der Waals surface area contributed by atoms with Gasteiger partial charge in [-0.2, -0.15) is 0 Å². The van der Waals surface area contributed by atoms with Crippen LogP contribution in [0.25, 0.3) is 0 Å². The molecule has 1 aliphatic rings. The van der Waals surface area contributed by atoms with E-state index >= 15 is 0 Å². The van der Waals surface area contributed by atoms with Crippen LogP contribution in [0.2, 0.25) is 0 Å². The lowest BCUT2D eigenvalue weighted by atomic mass is 10.1. The fourth-order valence-corrected chi connectivity index (χ4v) is 1.99. The number of rotatable bonds is 7. The van der Waals surface area contributed by atoms with Crippen molar-refractivity contribution in [1.82, 2.24) is 4.90 Å². The third kappa shape index (κ3) is 3.57. The van der Waals surface area contributed by atoms with E-state index in [9.17, 15) is 9.59 Å². The molecule has 19 heavy (non-hydrogen) atoms. The molecule has 0 aromatic carbocycles. The van der Waals surface area contributed by atoms with E-state index in [2.05, 4.69) is 0 Å². The smallest absolute Gasteiger partial charge is 0.371 e. The number of aromatic carboxylic acids is 1. The lowest BCUT2D eigenvalue weighted by Crippen LogP contribution is -2.33. The highest BCUT2D eigenvalue weighted by Crippen LogP contribution is 2.29. The predicted molar refractivity (Wildman–Crippen MR) is 65.9 cm³/mol. The van der Waals surface area contributed by atoms with Crippen LogP contribution in [0.3, 0.4) is 0 Å². The number of carboxylic acids is 2. The van der Waals surface area contributed by atoms with Gasteiger partial charge in [0.1, 0.15) is 5.76 Å². The van der Waals surface area contributed by atoms with Crippen LogP contribution < -0.4 is 0 Å². The molecular weight excluding hydrogens is 250 g/mol. The highest BCUT2D eigenvalue weighted by Gasteiger charge is 2.31. The maximum Gasteiger partial charge on any atom is 0.371 e. The Balaban J connectivity index is 1.99. The molecule has 0 saturated heterocycles. The van der Waals surface area contributed by atoms with Gasteiger partial charge in [0, 0.05) is 12.6 Å². The van der Waals surface area contributed by atoms with Crippen molar-refractivity contribution in [3.05, 3.63) is 23.7 Å². The second-order valence-electron chi connectivity index (χ2n) is 4.97. The molecule has 6 nitrogen and oxygen atoms in total. The topological polar surface area (TPSA) is 91.0 Å². The Labute approximate surface area is 110 Å². The first-order valence-corrected chi connectivity index (χ1v) is 6.26. The molecule has 6 heteroatoms. The predicted octanol–water partition coefficient (Wildman–Crippen LogP) is 1.66. The highest BCUT2D eigenvalue weighted by molar-refractivity contribution is 5.84. The minimum absolute atomic E-state index is 0.0861. The number of carboxylic acid groups (broad SMARTS) is 2. The van der Waals surface area contributed by atoms with Crippen LogP contribution in [0.4, 0.5) is 0 Å². The number of furan rings is 1. The Morgan fingerprint density at radius 2 is 2.11 bits per heavy atom. The third-order valence-corrected chi connectivity index (χ3v) is 3.22. The molecule has 0 spiro atoms. The van der Waals surface area contributed by atoms with E-state index in [-0.39, 0.29) is 5.76 Å². The summed E-state index contributed by atoms with van der Waals surface area (Å²) in [6.07, 6.45) is 2.11. The second kappa shape index (κ2) is 5.44. The summed E-state index contributed by atoms with van der Waals surface area (Å²) in [5, 5.41) is 17.7. The normalized spacial score (nSPS) is 16.5.